The Balaban J connectivity index is 1.75. The molecule has 1 aliphatic heterocycles. The standard InChI is InChI=1S/C23H18N2O6/c26-21(18-10-5-13-31-18)19-20(16-8-4-9-17(14-16)25(29)30)24(23(28)22(19)27)12-11-15-6-2-1-3-7-15/h1-10,13-14,20,27H,11-12H2. The molecular weight excluding hydrogens is 400 g/mol. The van der Waals surface area contributed by atoms with Crippen LogP contribution in [-0.4, -0.2) is 33.2 Å². The summed E-state index contributed by atoms with van der Waals surface area (Å²) < 4.78 is 5.17. The average Bonchev–Trinajstić information content (AvgIpc) is 3.40. The number of nitro benzene ring substituents is 1. The Kier molecular flexibility index (Phi) is 5.36. The van der Waals surface area contributed by atoms with Gasteiger partial charge in [0.25, 0.3) is 11.6 Å². The van der Waals surface area contributed by atoms with Gasteiger partial charge in [0.15, 0.2) is 11.5 Å². The van der Waals surface area contributed by atoms with Crippen LogP contribution in [-0.2, 0) is 11.2 Å². The first-order valence-corrected chi connectivity index (χ1v) is 9.58. The predicted molar refractivity (Wildman–Crippen MR) is 110 cm³/mol. The van der Waals surface area contributed by atoms with E-state index in [0.29, 0.717) is 12.0 Å². The Morgan fingerprint density at radius 1 is 1.10 bits per heavy atom. The maximum absolute atomic E-state index is 13.1. The van der Waals surface area contributed by atoms with Crippen molar-refractivity contribution in [2.45, 2.75) is 12.5 Å². The van der Waals surface area contributed by atoms with Gasteiger partial charge < -0.3 is 14.4 Å². The number of carbonyl (C=O) groups is 2. The van der Waals surface area contributed by atoms with Crippen molar-refractivity contribution in [3.8, 4) is 0 Å². The number of amides is 1. The van der Waals surface area contributed by atoms with E-state index < -0.39 is 28.4 Å². The van der Waals surface area contributed by atoms with Gasteiger partial charge in [0.05, 0.1) is 22.8 Å². The summed E-state index contributed by atoms with van der Waals surface area (Å²) in [5.74, 6) is -2.06. The van der Waals surface area contributed by atoms with Crippen LogP contribution in [0.2, 0.25) is 0 Å². The van der Waals surface area contributed by atoms with Crippen molar-refractivity contribution in [3.05, 3.63) is 111 Å². The molecule has 4 rings (SSSR count). The number of hydrogen-bond acceptors (Lipinski definition) is 6. The Bertz CT molecular complexity index is 1170. The zero-order valence-corrected chi connectivity index (χ0v) is 16.3. The van der Waals surface area contributed by atoms with E-state index in [4.69, 9.17) is 4.42 Å². The number of aliphatic hydroxyl groups is 1. The SMILES string of the molecule is O=C(C1=C(O)C(=O)N(CCc2ccccc2)C1c1cccc([N+](=O)[O-])c1)c1ccco1. The van der Waals surface area contributed by atoms with Crippen molar-refractivity contribution in [2.75, 3.05) is 6.54 Å². The Hall–Kier alpha value is -4.20. The number of rotatable bonds is 7. The number of Topliss-reactive ketones (excluding diaryl/α,β-unsaturated/α-hetero) is 1. The van der Waals surface area contributed by atoms with E-state index in [-0.39, 0.29) is 23.6 Å². The molecule has 1 aliphatic rings. The van der Waals surface area contributed by atoms with Crippen molar-refractivity contribution >= 4 is 17.4 Å². The first-order valence-electron chi connectivity index (χ1n) is 9.58. The van der Waals surface area contributed by atoms with Crippen LogP contribution in [0.1, 0.15) is 27.7 Å². The van der Waals surface area contributed by atoms with Crippen LogP contribution < -0.4 is 0 Å². The molecule has 1 unspecified atom stereocenters. The minimum Gasteiger partial charge on any atom is -0.503 e. The Labute approximate surface area is 177 Å². The smallest absolute Gasteiger partial charge is 0.290 e. The molecule has 0 bridgehead atoms. The number of nitro groups is 1. The third-order valence-electron chi connectivity index (χ3n) is 5.17. The largest absolute Gasteiger partial charge is 0.503 e. The van der Waals surface area contributed by atoms with Gasteiger partial charge in [-0.25, -0.2) is 0 Å². The molecule has 0 spiro atoms. The zero-order valence-electron chi connectivity index (χ0n) is 16.3. The van der Waals surface area contributed by atoms with Gasteiger partial charge >= 0.3 is 0 Å². The first kappa shape index (κ1) is 20.1. The van der Waals surface area contributed by atoms with Gasteiger partial charge in [-0.05, 0) is 29.7 Å². The first-order chi connectivity index (χ1) is 15.0. The molecule has 1 aromatic heterocycles. The fraction of sp³-hybridized carbons (Fsp3) is 0.130. The van der Waals surface area contributed by atoms with Crippen molar-refractivity contribution in [1.82, 2.24) is 4.90 Å². The molecular formula is C23H18N2O6. The molecule has 1 N–H and O–H groups in total. The van der Waals surface area contributed by atoms with E-state index in [1.54, 1.807) is 6.07 Å². The molecule has 2 heterocycles. The summed E-state index contributed by atoms with van der Waals surface area (Å²) in [5.41, 5.74) is 0.991. The summed E-state index contributed by atoms with van der Waals surface area (Å²) in [4.78, 5) is 38.1. The number of nitrogens with zero attached hydrogens (tertiary/aromatic N) is 2. The van der Waals surface area contributed by atoms with Gasteiger partial charge in [-0.3, -0.25) is 19.7 Å². The predicted octanol–water partition coefficient (Wildman–Crippen LogP) is 4.01. The lowest BCUT2D eigenvalue weighted by Crippen LogP contribution is -2.33. The van der Waals surface area contributed by atoms with Crippen LogP contribution in [0.5, 0.6) is 0 Å². The molecule has 8 heteroatoms. The lowest BCUT2D eigenvalue weighted by molar-refractivity contribution is -0.384. The summed E-state index contributed by atoms with van der Waals surface area (Å²) in [6.07, 6.45) is 1.80. The second-order valence-electron chi connectivity index (χ2n) is 7.06. The van der Waals surface area contributed by atoms with Crippen LogP contribution in [0.25, 0.3) is 0 Å². The molecule has 0 radical (unpaired) electrons. The van der Waals surface area contributed by atoms with Gasteiger partial charge in [0.2, 0.25) is 5.78 Å². The molecule has 8 nitrogen and oxygen atoms in total. The van der Waals surface area contributed by atoms with Gasteiger partial charge in [-0.1, -0.05) is 42.5 Å². The molecule has 0 saturated carbocycles. The Morgan fingerprint density at radius 3 is 2.55 bits per heavy atom. The number of benzene rings is 2. The summed E-state index contributed by atoms with van der Waals surface area (Å²) >= 11 is 0. The summed E-state index contributed by atoms with van der Waals surface area (Å²) in [7, 11) is 0. The number of furan rings is 1. The molecule has 0 fully saturated rings. The van der Waals surface area contributed by atoms with Crippen molar-refractivity contribution in [2.24, 2.45) is 0 Å². The lowest BCUT2D eigenvalue weighted by Gasteiger charge is -2.26. The van der Waals surface area contributed by atoms with Crippen molar-refractivity contribution in [3.63, 3.8) is 0 Å². The van der Waals surface area contributed by atoms with Crippen LogP contribution >= 0.6 is 0 Å². The molecule has 1 amide bonds. The number of aliphatic hydroxyl groups excluding tert-OH is 1. The van der Waals surface area contributed by atoms with Crippen LogP contribution in [0, 0.1) is 10.1 Å². The second kappa shape index (κ2) is 8.27. The summed E-state index contributed by atoms with van der Waals surface area (Å²) in [6, 6.07) is 17.1. The van der Waals surface area contributed by atoms with Gasteiger partial charge in [-0.15, -0.1) is 0 Å². The highest BCUT2D eigenvalue weighted by Gasteiger charge is 2.44. The topological polar surface area (TPSA) is 114 Å². The minimum absolute atomic E-state index is 0.0327. The highest BCUT2D eigenvalue weighted by molar-refractivity contribution is 6.15. The monoisotopic (exact) mass is 418 g/mol. The number of non-ortho nitro benzene ring substituents is 1. The van der Waals surface area contributed by atoms with E-state index in [9.17, 15) is 24.8 Å². The van der Waals surface area contributed by atoms with Crippen molar-refractivity contribution in [1.29, 1.82) is 0 Å². The van der Waals surface area contributed by atoms with E-state index in [0.717, 1.165) is 5.56 Å². The van der Waals surface area contributed by atoms with Crippen LogP contribution in [0.15, 0.2) is 88.7 Å². The van der Waals surface area contributed by atoms with Crippen molar-refractivity contribution < 1.29 is 24.0 Å². The third kappa shape index (κ3) is 3.83. The summed E-state index contributed by atoms with van der Waals surface area (Å²) in [5, 5.41) is 21.9. The molecule has 156 valence electrons. The Morgan fingerprint density at radius 2 is 1.87 bits per heavy atom. The maximum atomic E-state index is 13.1. The average molecular weight is 418 g/mol. The third-order valence-corrected chi connectivity index (χ3v) is 5.17. The highest BCUT2D eigenvalue weighted by Crippen LogP contribution is 2.40. The molecule has 1 atom stereocenters. The fourth-order valence-electron chi connectivity index (χ4n) is 3.71. The van der Waals surface area contributed by atoms with E-state index in [1.807, 2.05) is 30.3 Å². The second-order valence-corrected chi connectivity index (χ2v) is 7.06. The quantitative estimate of drug-likeness (QED) is 0.352. The number of hydrogen-bond donors (Lipinski definition) is 1. The van der Waals surface area contributed by atoms with Crippen LogP contribution in [0.3, 0.4) is 0 Å². The van der Waals surface area contributed by atoms with Gasteiger partial charge in [0.1, 0.15) is 0 Å². The number of ketones is 1. The van der Waals surface area contributed by atoms with E-state index in [1.165, 1.54) is 41.5 Å². The normalized spacial score (nSPS) is 16.1. The van der Waals surface area contributed by atoms with E-state index in [2.05, 4.69) is 0 Å². The number of carbonyl (C=O) groups excluding carboxylic acids is 2. The van der Waals surface area contributed by atoms with Crippen LogP contribution in [0.4, 0.5) is 5.69 Å². The molecule has 3 aromatic rings. The minimum atomic E-state index is -0.978. The maximum Gasteiger partial charge on any atom is 0.290 e. The van der Waals surface area contributed by atoms with Gasteiger partial charge in [-0.2, -0.15) is 0 Å². The molecule has 31 heavy (non-hydrogen) atoms. The van der Waals surface area contributed by atoms with E-state index >= 15 is 0 Å². The molecule has 2 aromatic carbocycles. The summed E-state index contributed by atoms with van der Waals surface area (Å²) in [6.45, 7) is 0.204. The zero-order chi connectivity index (χ0) is 22.0. The van der Waals surface area contributed by atoms with Gasteiger partial charge in [0, 0.05) is 18.7 Å². The molecule has 0 aliphatic carbocycles. The lowest BCUT2D eigenvalue weighted by atomic mass is 9.94. The fourth-order valence-corrected chi connectivity index (χ4v) is 3.71. The molecule has 0 saturated heterocycles. The highest BCUT2D eigenvalue weighted by atomic mass is 16.6.